The van der Waals surface area contributed by atoms with Gasteiger partial charge in [-0.15, -0.1) is 0 Å². The molecule has 2 aromatic rings. The number of hydrogen-bond donors (Lipinski definition) is 2. The van der Waals surface area contributed by atoms with Crippen LogP contribution in [0.2, 0.25) is 0 Å². The van der Waals surface area contributed by atoms with Crippen LogP contribution in [0.25, 0.3) is 0 Å². The van der Waals surface area contributed by atoms with Crippen molar-refractivity contribution in [1.29, 1.82) is 0 Å². The lowest BCUT2D eigenvalue weighted by Crippen LogP contribution is -2.25. The predicted octanol–water partition coefficient (Wildman–Crippen LogP) is 6.86. The summed E-state index contributed by atoms with van der Waals surface area (Å²) in [6, 6.07) is 10.4. The molecule has 8 heteroatoms. The van der Waals surface area contributed by atoms with Gasteiger partial charge in [0.05, 0.1) is 16.7 Å². The van der Waals surface area contributed by atoms with Crippen molar-refractivity contribution < 1.29 is 13.2 Å². The second-order valence-corrected chi connectivity index (χ2v) is 11.7. The molecule has 0 amide bonds. The molecule has 5 nitrogen and oxygen atoms in total. The fraction of sp³-hybridized carbons (Fsp3) is 0.478. The molecule has 0 aromatic heterocycles. The minimum absolute atomic E-state index is 0.0202. The zero-order valence-corrected chi connectivity index (χ0v) is 21.4. The third-order valence-corrected chi connectivity index (χ3v) is 9.34. The number of benzene rings is 2. The number of hydrogen-bond acceptors (Lipinski definition) is 4. The first-order valence-corrected chi connectivity index (χ1v) is 14.0. The molecule has 0 radical (unpaired) electrons. The SMILES string of the molecule is C1CCCCC1.O=S(=O)(Nc1ccc(Br)c(Br)c1)c1ccc2c(c1)C1OCCC1CN2. The third-order valence-electron chi connectivity index (χ3n) is 6.08. The average Bonchev–Trinajstić information content (AvgIpc) is 3.27. The summed E-state index contributed by atoms with van der Waals surface area (Å²) in [5.41, 5.74) is 2.38. The molecular formula is C23H28Br2N2O3S. The molecule has 0 spiro atoms. The van der Waals surface area contributed by atoms with Crippen molar-refractivity contribution in [2.24, 2.45) is 5.92 Å². The molecule has 2 unspecified atom stereocenters. The lowest BCUT2D eigenvalue weighted by Gasteiger charge is -2.28. The molecule has 168 valence electrons. The lowest BCUT2D eigenvalue weighted by molar-refractivity contribution is 0.0911. The molecule has 2 N–H and O–H groups in total. The summed E-state index contributed by atoms with van der Waals surface area (Å²) in [6.07, 6.45) is 9.98. The topological polar surface area (TPSA) is 67.4 Å². The second-order valence-electron chi connectivity index (χ2n) is 8.33. The van der Waals surface area contributed by atoms with Crippen molar-refractivity contribution in [1.82, 2.24) is 0 Å². The van der Waals surface area contributed by atoms with Gasteiger partial charge in [-0.05, 0) is 74.7 Å². The standard InChI is InChI=1S/C17H16Br2N2O3S.C6H12/c18-14-3-1-11(7-15(14)19)21-25(22,23)12-2-4-16-13(8-12)17-10(9-20-16)5-6-24-17;1-2-4-6-5-3-1/h1-4,7-8,10,17,20-21H,5-6,9H2;1-6H2. The molecule has 31 heavy (non-hydrogen) atoms. The molecule has 3 aliphatic rings. The summed E-state index contributed by atoms with van der Waals surface area (Å²) < 4.78 is 35.7. The first-order chi connectivity index (χ1) is 14.9. The summed E-state index contributed by atoms with van der Waals surface area (Å²) >= 11 is 6.76. The van der Waals surface area contributed by atoms with Gasteiger partial charge in [0.1, 0.15) is 0 Å². The van der Waals surface area contributed by atoms with E-state index in [1.807, 2.05) is 6.07 Å². The van der Waals surface area contributed by atoms with E-state index in [1.165, 1.54) is 38.5 Å². The van der Waals surface area contributed by atoms with Gasteiger partial charge in [-0.3, -0.25) is 4.72 Å². The van der Waals surface area contributed by atoms with E-state index in [0.29, 0.717) is 11.6 Å². The second kappa shape index (κ2) is 10.2. The van der Waals surface area contributed by atoms with E-state index < -0.39 is 10.0 Å². The van der Waals surface area contributed by atoms with E-state index in [9.17, 15) is 8.42 Å². The Morgan fingerprint density at radius 1 is 0.935 bits per heavy atom. The molecule has 2 aromatic carbocycles. The highest BCUT2D eigenvalue weighted by molar-refractivity contribution is 9.13. The molecule has 0 bridgehead atoms. The van der Waals surface area contributed by atoms with Crippen molar-refractivity contribution in [3.05, 3.63) is 50.9 Å². The van der Waals surface area contributed by atoms with Gasteiger partial charge in [-0.1, -0.05) is 38.5 Å². The molecule has 1 saturated carbocycles. The molecule has 2 heterocycles. The fourth-order valence-electron chi connectivity index (χ4n) is 4.37. The Bertz CT molecular complexity index is 1010. The summed E-state index contributed by atoms with van der Waals surface area (Å²) in [5, 5.41) is 3.37. The number of halogens is 2. The van der Waals surface area contributed by atoms with Crippen molar-refractivity contribution in [2.75, 3.05) is 23.2 Å². The molecule has 5 rings (SSSR count). The smallest absolute Gasteiger partial charge is 0.261 e. The number of nitrogens with one attached hydrogen (secondary N) is 2. The summed E-state index contributed by atoms with van der Waals surface area (Å²) in [4.78, 5) is 0.239. The minimum atomic E-state index is -3.67. The van der Waals surface area contributed by atoms with E-state index in [2.05, 4.69) is 41.9 Å². The zero-order chi connectivity index (χ0) is 21.8. The van der Waals surface area contributed by atoms with E-state index in [1.54, 1.807) is 30.3 Å². The van der Waals surface area contributed by atoms with Gasteiger partial charge in [0.15, 0.2) is 0 Å². The highest BCUT2D eigenvalue weighted by Gasteiger charge is 2.35. The quantitative estimate of drug-likeness (QED) is 0.422. The summed E-state index contributed by atoms with van der Waals surface area (Å²) in [5.74, 6) is 0.404. The van der Waals surface area contributed by atoms with Crippen molar-refractivity contribution in [2.45, 2.75) is 55.9 Å². The maximum absolute atomic E-state index is 12.8. The van der Waals surface area contributed by atoms with Crippen LogP contribution in [0.3, 0.4) is 0 Å². The summed E-state index contributed by atoms with van der Waals surface area (Å²) in [7, 11) is -3.67. The Labute approximate surface area is 201 Å². The molecule has 2 aliphatic heterocycles. The maximum Gasteiger partial charge on any atom is 0.261 e. The minimum Gasteiger partial charge on any atom is -0.384 e. The number of ether oxygens (including phenoxy) is 1. The van der Waals surface area contributed by atoms with Crippen LogP contribution in [0.4, 0.5) is 11.4 Å². The van der Waals surface area contributed by atoms with E-state index in [4.69, 9.17) is 4.74 Å². The third kappa shape index (κ3) is 5.64. The van der Waals surface area contributed by atoms with Gasteiger partial charge in [0.25, 0.3) is 10.0 Å². The normalized spacial score (nSPS) is 22.4. The van der Waals surface area contributed by atoms with Crippen LogP contribution >= 0.6 is 31.9 Å². The van der Waals surface area contributed by atoms with Crippen LogP contribution in [-0.2, 0) is 14.8 Å². The monoisotopic (exact) mass is 570 g/mol. The molecule has 1 aliphatic carbocycles. The first-order valence-electron chi connectivity index (χ1n) is 10.9. The first kappa shape index (κ1) is 23.1. The van der Waals surface area contributed by atoms with Gasteiger partial charge < -0.3 is 10.1 Å². The number of sulfonamides is 1. The average molecular weight is 572 g/mol. The molecule has 1 saturated heterocycles. The van der Waals surface area contributed by atoms with Gasteiger partial charge in [0.2, 0.25) is 0 Å². The number of anilines is 2. The zero-order valence-electron chi connectivity index (χ0n) is 17.4. The Morgan fingerprint density at radius 3 is 2.32 bits per heavy atom. The largest absolute Gasteiger partial charge is 0.384 e. The lowest BCUT2D eigenvalue weighted by atomic mass is 9.91. The molecule has 2 fully saturated rings. The molecular weight excluding hydrogens is 544 g/mol. The van der Waals surface area contributed by atoms with Crippen molar-refractivity contribution >= 4 is 53.3 Å². The van der Waals surface area contributed by atoms with Crippen molar-refractivity contribution in [3.8, 4) is 0 Å². The Balaban J connectivity index is 0.000000334. The highest BCUT2D eigenvalue weighted by Crippen LogP contribution is 2.42. The van der Waals surface area contributed by atoms with Crippen molar-refractivity contribution in [3.63, 3.8) is 0 Å². The maximum atomic E-state index is 12.8. The van der Waals surface area contributed by atoms with Crippen LogP contribution < -0.4 is 10.0 Å². The Kier molecular flexibility index (Phi) is 7.62. The number of fused-ring (bicyclic) bond motifs is 3. The predicted molar refractivity (Wildman–Crippen MR) is 132 cm³/mol. The van der Waals surface area contributed by atoms with E-state index >= 15 is 0 Å². The van der Waals surface area contributed by atoms with E-state index in [-0.39, 0.29) is 11.0 Å². The fourth-order valence-corrected chi connectivity index (χ4v) is 6.08. The highest BCUT2D eigenvalue weighted by atomic mass is 79.9. The Hall–Kier alpha value is -1.09. The molecule has 2 atom stereocenters. The van der Waals surface area contributed by atoms with Gasteiger partial charge >= 0.3 is 0 Å². The number of rotatable bonds is 3. The van der Waals surface area contributed by atoms with Gasteiger partial charge in [0, 0.05) is 39.3 Å². The van der Waals surface area contributed by atoms with Crippen LogP contribution in [0.1, 0.15) is 56.6 Å². The van der Waals surface area contributed by atoms with Crippen LogP contribution in [-0.4, -0.2) is 21.6 Å². The van der Waals surface area contributed by atoms with Gasteiger partial charge in [-0.25, -0.2) is 8.42 Å². The summed E-state index contributed by atoms with van der Waals surface area (Å²) in [6.45, 7) is 1.59. The van der Waals surface area contributed by atoms with E-state index in [0.717, 1.165) is 39.8 Å². The van der Waals surface area contributed by atoms with Crippen LogP contribution in [0, 0.1) is 5.92 Å². The van der Waals surface area contributed by atoms with Crippen LogP contribution in [0.15, 0.2) is 50.2 Å². The van der Waals surface area contributed by atoms with Gasteiger partial charge in [-0.2, -0.15) is 0 Å². The van der Waals surface area contributed by atoms with Crippen LogP contribution in [0.5, 0.6) is 0 Å². The Morgan fingerprint density at radius 2 is 1.65 bits per heavy atom.